The maximum absolute atomic E-state index is 6.53. The summed E-state index contributed by atoms with van der Waals surface area (Å²) in [4.78, 5) is 2.57. The highest BCUT2D eigenvalue weighted by Gasteiger charge is 2.30. The van der Waals surface area contributed by atoms with E-state index in [1.54, 1.807) is 0 Å². The largest absolute Gasteiger partial charge is 0.324 e. The molecule has 1 rings (SSSR count). The number of nitrogens with two attached hydrogens (primary N) is 1. The van der Waals surface area contributed by atoms with Crippen molar-refractivity contribution in [1.82, 2.24) is 4.90 Å². The van der Waals surface area contributed by atoms with Crippen LogP contribution in [-0.4, -0.2) is 29.6 Å². The van der Waals surface area contributed by atoms with E-state index in [4.69, 9.17) is 5.73 Å². The molecule has 0 bridgehead atoms. The average Bonchev–Trinajstić information content (AvgIpc) is 2.16. The molecular formula is C14H30N2. The second kappa shape index (κ2) is 6.02. The van der Waals surface area contributed by atoms with Crippen molar-refractivity contribution in [3.63, 3.8) is 0 Å². The van der Waals surface area contributed by atoms with Crippen molar-refractivity contribution in [2.75, 3.05) is 13.1 Å². The average molecular weight is 226 g/mol. The Kier molecular flexibility index (Phi) is 5.26. The zero-order valence-corrected chi connectivity index (χ0v) is 11.6. The maximum atomic E-state index is 6.53. The van der Waals surface area contributed by atoms with Crippen molar-refractivity contribution in [2.24, 2.45) is 11.7 Å². The monoisotopic (exact) mass is 226 g/mol. The SMILES string of the molecule is CC(C)CN(CC1(N)CCCCC1)C(C)C. The Morgan fingerprint density at radius 3 is 2.06 bits per heavy atom. The van der Waals surface area contributed by atoms with Crippen LogP contribution in [0.4, 0.5) is 0 Å². The smallest absolute Gasteiger partial charge is 0.0283 e. The Morgan fingerprint density at radius 2 is 1.62 bits per heavy atom. The quantitative estimate of drug-likeness (QED) is 0.781. The van der Waals surface area contributed by atoms with Crippen LogP contribution in [0.3, 0.4) is 0 Å². The molecule has 0 aliphatic heterocycles. The van der Waals surface area contributed by atoms with Gasteiger partial charge in [-0.3, -0.25) is 4.90 Å². The van der Waals surface area contributed by atoms with Crippen LogP contribution >= 0.6 is 0 Å². The van der Waals surface area contributed by atoms with Crippen LogP contribution < -0.4 is 5.73 Å². The summed E-state index contributed by atoms with van der Waals surface area (Å²) in [5.41, 5.74) is 6.63. The molecule has 1 aliphatic carbocycles. The third-order valence-corrected chi connectivity index (χ3v) is 3.70. The summed E-state index contributed by atoms with van der Waals surface area (Å²) in [6.07, 6.45) is 6.46. The molecule has 0 spiro atoms. The van der Waals surface area contributed by atoms with Crippen molar-refractivity contribution in [2.45, 2.75) is 71.4 Å². The predicted molar refractivity (Wildman–Crippen MR) is 71.6 cm³/mol. The summed E-state index contributed by atoms with van der Waals surface area (Å²) < 4.78 is 0. The number of rotatable bonds is 5. The number of hydrogen-bond acceptors (Lipinski definition) is 2. The van der Waals surface area contributed by atoms with E-state index in [-0.39, 0.29) is 5.54 Å². The summed E-state index contributed by atoms with van der Waals surface area (Å²) in [5, 5.41) is 0. The van der Waals surface area contributed by atoms with Crippen LogP contribution in [-0.2, 0) is 0 Å². The van der Waals surface area contributed by atoms with E-state index in [0.717, 1.165) is 12.5 Å². The van der Waals surface area contributed by atoms with Crippen molar-refractivity contribution >= 4 is 0 Å². The lowest BCUT2D eigenvalue weighted by Crippen LogP contribution is -2.53. The first-order chi connectivity index (χ1) is 7.43. The van der Waals surface area contributed by atoms with Crippen molar-refractivity contribution in [3.8, 4) is 0 Å². The molecule has 2 heteroatoms. The normalized spacial score (nSPS) is 21.0. The molecule has 0 radical (unpaired) electrons. The first-order valence-corrected chi connectivity index (χ1v) is 6.96. The van der Waals surface area contributed by atoms with Crippen molar-refractivity contribution in [3.05, 3.63) is 0 Å². The van der Waals surface area contributed by atoms with Crippen LogP contribution in [0.2, 0.25) is 0 Å². The molecule has 2 N–H and O–H groups in total. The van der Waals surface area contributed by atoms with Crippen molar-refractivity contribution < 1.29 is 0 Å². The van der Waals surface area contributed by atoms with Gasteiger partial charge in [-0.2, -0.15) is 0 Å². The fraction of sp³-hybridized carbons (Fsp3) is 1.00. The minimum Gasteiger partial charge on any atom is -0.324 e. The van der Waals surface area contributed by atoms with Crippen molar-refractivity contribution in [1.29, 1.82) is 0 Å². The third-order valence-electron chi connectivity index (χ3n) is 3.70. The minimum atomic E-state index is 0.0947. The third kappa shape index (κ3) is 4.42. The lowest BCUT2D eigenvalue weighted by Gasteiger charge is -2.40. The summed E-state index contributed by atoms with van der Waals surface area (Å²) in [6.45, 7) is 11.4. The molecule has 0 aromatic heterocycles. The highest BCUT2D eigenvalue weighted by Crippen LogP contribution is 2.27. The van der Waals surface area contributed by atoms with Crippen LogP contribution in [0.1, 0.15) is 59.8 Å². The van der Waals surface area contributed by atoms with E-state index >= 15 is 0 Å². The van der Waals surface area contributed by atoms with Gasteiger partial charge in [0, 0.05) is 24.7 Å². The van der Waals surface area contributed by atoms with Gasteiger partial charge in [-0.25, -0.2) is 0 Å². The van der Waals surface area contributed by atoms with E-state index < -0.39 is 0 Å². The molecule has 0 saturated heterocycles. The lowest BCUT2D eigenvalue weighted by atomic mass is 9.82. The van der Waals surface area contributed by atoms with Gasteiger partial charge in [-0.1, -0.05) is 33.1 Å². The van der Waals surface area contributed by atoms with Gasteiger partial charge in [0.15, 0.2) is 0 Å². The van der Waals surface area contributed by atoms with Gasteiger partial charge in [0.2, 0.25) is 0 Å². The first kappa shape index (κ1) is 14.0. The van der Waals surface area contributed by atoms with Gasteiger partial charge in [0.25, 0.3) is 0 Å². The molecule has 0 aromatic carbocycles. The minimum absolute atomic E-state index is 0.0947. The van der Waals surface area contributed by atoms with Crippen LogP contribution in [0.25, 0.3) is 0 Å². The summed E-state index contributed by atoms with van der Waals surface area (Å²) in [5.74, 6) is 0.731. The van der Waals surface area contributed by atoms with Gasteiger partial charge < -0.3 is 5.73 Å². The van der Waals surface area contributed by atoms with E-state index in [1.807, 2.05) is 0 Å². The van der Waals surface area contributed by atoms with E-state index in [2.05, 4.69) is 32.6 Å². The summed E-state index contributed by atoms with van der Waals surface area (Å²) in [6, 6.07) is 0.616. The molecule has 0 amide bonds. The molecule has 2 nitrogen and oxygen atoms in total. The molecule has 1 aliphatic rings. The number of hydrogen-bond donors (Lipinski definition) is 1. The highest BCUT2D eigenvalue weighted by atomic mass is 15.2. The number of nitrogens with zero attached hydrogens (tertiary/aromatic N) is 1. The Labute approximate surface area is 102 Å². The van der Waals surface area contributed by atoms with Crippen LogP contribution in [0.5, 0.6) is 0 Å². The zero-order chi connectivity index (χ0) is 12.2. The maximum Gasteiger partial charge on any atom is 0.0283 e. The Bertz CT molecular complexity index is 193. The molecule has 16 heavy (non-hydrogen) atoms. The van der Waals surface area contributed by atoms with Gasteiger partial charge in [-0.15, -0.1) is 0 Å². The Morgan fingerprint density at radius 1 is 1.06 bits per heavy atom. The standard InChI is InChI=1S/C14H30N2/c1-12(2)10-16(13(3)4)11-14(15)8-6-5-7-9-14/h12-13H,5-11,15H2,1-4H3. The molecule has 0 aromatic rings. The summed E-state index contributed by atoms with van der Waals surface area (Å²) >= 11 is 0. The molecule has 1 fully saturated rings. The zero-order valence-electron chi connectivity index (χ0n) is 11.6. The first-order valence-electron chi connectivity index (χ1n) is 6.96. The molecule has 1 saturated carbocycles. The lowest BCUT2D eigenvalue weighted by molar-refractivity contribution is 0.130. The molecule has 96 valence electrons. The van der Waals surface area contributed by atoms with E-state index in [9.17, 15) is 0 Å². The molecule has 0 unspecified atom stereocenters. The fourth-order valence-electron chi connectivity index (χ4n) is 2.75. The van der Waals surface area contributed by atoms with E-state index in [0.29, 0.717) is 6.04 Å². The topological polar surface area (TPSA) is 29.3 Å². The highest BCUT2D eigenvalue weighted by molar-refractivity contribution is 4.91. The van der Waals surface area contributed by atoms with Gasteiger partial charge >= 0.3 is 0 Å². The second-order valence-electron chi connectivity index (χ2n) is 6.34. The summed E-state index contributed by atoms with van der Waals surface area (Å²) in [7, 11) is 0. The Hall–Kier alpha value is -0.0800. The second-order valence-corrected chi connectivity index (χ2v) is 6.34. The van der Waals surface area contributed by atoms with Crippen LogP contribution in [0, 0.1) is 5.92 Å². The molecule has 0 atom stereocenters. The molecule has 0 heterocycles. The van der Waals surface area contributed by atoms with Gasteiger partial charge in [0.05, 0.1) is 0 Å². The van der Waals surface area contributed by atoms with E-state index in [1.165, 1.54) is 38.6 Å². The van der Waals surface area contributed by atoms with Crippen LogP contribution in [0.15, 0.2) is 0 Å². The molecular weight excluding hydrogens is 196 g/mol. The Balaban J connectivity index is 2.52. The van der Waals surface area contributed by atoms with Gasteiger partial charge in [-0.05, 0) is 32.6 Å². The predicted octanol–water partition coefficient (Wildman–Crippen LogP) is 3.01. The fourth-order valence-corrected chi connectivity index (χ4v) is 2.75. The van der Waals surface area contributed by atoms with Gasteiger partial charge in [0.1, 0.15) is 0 Å².